The van der Waals surface area contributed by atoms with Crippen molar-refractivity contribution in [1.29, 1.82) is 0 Å². The van der Waals surface area contributed by atoms with Gasteiger partial charge in [0.05, 0.1) is 18.2 Å². The van der Waals surface area contributed by atoms with Crippen LogP contribution in [0.25, 0.3) is 0 Å². The standard InChI is InChI=1S/C16H23NO2/c1-2-19-16(18)14(15-10-6-7-11-17-15)12-13-8-4-3-5-9-13/h6-7,10-11,13-14H,2-5,8-9,12H2,1H3. The fraction of sp³-hybridized carbons (Fsp3) is 0.625. The minimum Gasteiger partial charge on any atom is -0.465 e. The van der Waals surface area contributed by atoms with Crippen molar-refractivity contribution in [2.24, 2.45) is 5.92 Å². The highest BCUT2D eigenvalue weighted by Gasteiger charge is 2.27. The van der Waals surface area contributed by atoms with Crippen LogP contribution >= 0.6 is 0 Å². The van der Waals surface area contributed by atoms with Gasteiger partial charge in [0.15, 0.2) is 0 Å². The van der Waals surface area contributed by atoms with Gasteiger partial charge in [-0.3, -0.25) is 9.78 Å². The van der Waals surface area contributed by atoms with Gasteiger partial charge in [-0.15, -0.1) is 0 Å². The molecule has 0 saturated heterocycles. The maximum atomic E-state index is 12.2. The van der Waals surface area contributed by atoms with Gasteiger partial charge in [-0.1, -0.05) is 38.2 Å². The highest BCUT2D eigenvalue weighted by Crippen LogP contribution is 2.33. The summed E-state index contributed by atoms with van der Waals surface area (Å²) in [5, 5.41) is 0. The molecule has 3 heteroatoms. The molecule has 0 aliphatic heterocycles. The van der Waals surface area contributed by atoms with E-state index < -0.39 is 0 Å². The highest BCUT2D eigenvalue weighted by molar-refractivity contribution is 5.77. The van der Waals surface area contributed by atoms with Crippen LogP contribution in [0, 0.1) is 5.92 Å². The van der Waals surface area contributed by atoms with Crippen molar-refractivity contribution in [3.63, 3.8) is 0 Å². The molecule has 0 amide bonds. The van der Waals surface area contributed by atoms with Crippen molar-refractivity contribution in [2.45, 2.75) is 51.4 Å². The Morgan fingerprint density at radius 2 is 2.16 bits per heavy atom. The van der Waals surface area contributed by atoms with Crippen molar-refractivity contribution >= 4 is 5.97 Å². The summed E-state index contributed by atoms with van der Waals surface area (Å²) >= 11 is 0. The first-order chi connectivity index (χ1) is 9.31. The molecule has 1 atom stereocenters. The predicted molar refractivity (Wildman–Crippen MR) is 74.8 cm³/mol. The van der Waals surface area contributed by atoms with Gasteiger partial charge >= 0.3 is 5.97 Å². The Kier molecular flexibility index (Phi) is 5.37. The normalized spacial score (nSPS) is 17.9. The molecule has 1 aromatic heterocycles. The second kappa shape index (κ2) is 7.27. The third kappa shape index (κ3) is 4.05. The van der Waals surface area contributed by atoms with Crippen molar-refractivity contribution < 1.29 is 9.53 Å². The summed E-state index contributed by atoms with van der Waals surface area (Å²) in [5.74, 6) is 0.334. The van der Waals surface area contributed by atoms with E-state index >= 15 is 0 Å². The smallest absolute Gasteiger partial charge is 0.315 e. The van der Waals surface area contributed by atoms with Crippen molar-refractivity contribution in [3.05, 3.63) is 30.1 Å². The molecule has 0 N–H and O–H groups in total. The maximum Gasteiger partial charge on any atom is 0.315 e. The molecule has 3 nitrogen and oxygen atoms in total. The topological polar surface area (TPSA) is 39.2 Å². The third-order valence-electron chi connectivity index (χ3n) is 3.91. The van der Waals surface area contributed by atoms with Gasteiger partial charge in [0.25, 0.3) is 0 Å². The summed E-state index contributed by atoms with van der Waals surface area (Å²) in [6, 6.07) is 5.76. The fourth-order valence-corrected chi connectivity index (χ4v) is 2.92. The lowest BCUT2D eigenvalue weighted by molar-refractivity contribution is -0.145. The number of aromatic nitrogens is 1. The molecule has 0 spiro atoms. The fourth-order valence-electron chi connectivity index (χ4n) is 2.92. The Morgan fingerprint density at radius 1 is 1.37 bits per heavy atom. The monoisotopic (exact) mass is 261 g/mol. The van der Waals surface area contributed by atoms with Gasteiger partial charge in [0.2, 0.25) is 0 Å². The molecule has 1 unspecified atom stereocenters. The lowest BCUT2D eigenvalue weighted by Crippen LogP contribution is -2.21. The van der Waals surface area contributed by atoms with E-state index in [9.17, 15) is 4.79 Å². The number of nitrogens with zero attached hydrogens (tertiary/aromatic N) is 1. The molecular weight excluding hydrogens is 238 g/mol. The van der Waals surface area contributed by atoms with Crippen LogP contribution in [0.4, 0.5) is 0 Å². The second-order valence-electron chi connectivity index (χ2n) is 5.30. The van der Waals surface area contributed by atoms with Gasteiger partial charge in [-0.05, 0) is 31.4 Å². The molecule has 2 rings (SSSR count). The zero-order valence-corrected chi connectivity index (χ0v) is 11.7. The number of esters is 1. The number of rotatable bonds is 5. The van der Waals surface area contributed by atoms with E-state index in [1.54, 1.807) is 6.20 Å². The predicted octanol–water partition coefficient (Wildman–Crippen LogP) is 3.70. The minimum atomic E-state index is -0.191. The molecule has 104 valence electrons. The first-order valence-corrected chi connectivity index (χ1v) is 7.38. The van der Waals surface area contributed by atoms with Crippen LogP contribution in [0.2, 0.25) is 0 Å². The molecule has 1 aliphatic rings. The summed E-state index contributed by atoms with van der Waals surface area (Å²) in [4.78, 5) is 16.5. The number of carbonyl (C=O) groups is 1. The Bertz CT molecular complexity index is 385. The molecule has 1 saturated carbocycles. The van der Waals surface area contributed by atoms with Crippen LogP contribution in [0.3, 0.4) is 0 Å². The first-order valence-electron chi connectivity index (χ1n) is 7.38. The molecule has 1 fully saturated rings. The molecule has 1 heterocycles. The van der Waals surface area contributed by atoms with E-state index in [1.807, 2.05) is 25.1 Å². The Hall–Kier alpha value is -1.38. The SMILES string of the molecule is CCOC(=O)C(CC1CCCCC1)c1ccccn1. The molecule has 0 aromatic carbocycles. The lowest BCUT2D eigenvalue weighted by Gasteiger charge is -2.25. The molecule has 1 aromatic rings. The largest absolute Gasteiger partial charge is 0.465 e. The molecule has 0 bridgehead atoms. The van der Waals surface area contributed by atoms with Crippen LogP contribution in [0.5, 0.6) is 0 Å². The van der Waals surface area contributed by atoms with Gasteiger partial charge in [-0.2, -0.15) is 0 Å². The first kappa shape index (κ1) is 14.0. The van der Waals surface area contributed by atoms with E-state index in [0.717, 1.165) is 12.1 Å². The summed E-state index contributed by atoms with van der Waals surface area (Å²) in [6.45, 7) is 2.29. The molecule has 0 radical (unpaired) electrons. The minimum absolute atomic E-state index is 0.119. The maximum absolute atomic E-state index is 12.2. The lowest BCUT2D eigenvalue weighted by atomic mass is 9.81. The van der Waals surface area contributed by atoms with Gasteiger partial charge in [0, 0.05) is 6.20 Å². The summed E-state index contributed by atoms with van der Waals surface area (Å²) in [5.41, 5.74) is 0.853. The Balaban J connectivity index is 2.07. The number of carbonyl (C=O) groups excluding carboxylic acids is 1. The van der Waals surface area contributed by atoms with Gasteiger partial charge < -0.3 is 4.74 Å². The summed E-state index contributed by atoms with van der Waals surface area (Å²) in [6.07, 6.45) is 9.04. The molecule has 19 heavy (non-hydrogen) atoms. The van der Waals surface area contributed by atoms with E-state index in [2.05, 4.69) is 4.98 Å². The zero-order valence-electron chi connectivity index (χ0n) is 11.7. The van der Waals surface area contributed by atoms with E-state index in [-0.39, 0.29) is 11.9 Å². The summed E-state index contributed by atoms with van der Waals surface area (Å²) < 4.78 is 5.22. The van der Waals surface area contributed by atoms with E-state index in [4.69, 9.17) is 4.74 Å². The second-order valence-corrected chi connectivity index (χ2v) is 5.30. The third-order valence-corrected chi connectivity index (χ3v) is 3.91. The number of hydrogen-bond donors (Lipinski definition) is 0. The average Bonchev–Trinajstić information content (AvgIpc) is 2.47. The van der Waals surface area contributed by atoms with Gasteiger partial charge in [-0.25, -0.2) is 0 Å². The number of pyridine rings is 1. The van der Waals surface area contributed by atoms with Crippen LogP contribution in [0.1, 0.15) is 57.1 Å². The highest BCUT2D eigenvalue weighted by atomic mass is 16.5. The summed E-state index contributed by atoms with van der Waals surface area (Å²) in [7, 11) is 0. The number of ether oxygens (including phenoxy) is 1. The van der Waals surface area contributed by atoms with Crippen LogP contribution in [0.15, 0.2) is 24.4 Å². The van der Waals surface area contributed by atoms with Crippen molar-refractivity contribution in [1.82, 2.24) is 4.98 Å². The van der Waals surface area contributed by atoms with Gasteiger partial charge in [0.1, 0.15) is 0 Å². The van der Waals surface area contributed by atoms with Crippen LogP contribution < -0.4 is 0 Å². The van der Waals surface area contributed by atoms with Crippen LogP contribution in [-0.2, 0) is 9.53 Å². The molecule has 1 aliphatic carbocycles. The van der Waals surface area contributed by atoms with Crippen molar-refractivity contribution in [3.8, 4) is 0 Å². The van der Waals surface area contributed by atoms with E-state index in [0.29, 0.717) is 12.5 Å². The Morgan fingerprint density at radius 3 is 2.79 bits per heavy atom. The molecular formula is C16H23NO2. The average molecular weight is 261 g/mol. The zero-order chi connectivity index (χ0) is 13.5. The van der Waals surface area contributed by atoms with Crippen LogP contribution in [-0.4, -0.2) is 17.6 Å². The number of hydrogen-bond acceptors (Lipinski definition) is 3. The quantitative estimate of drug-likeness (QED) is 0.759. The van der Waals surface area contributed by atoms with Crippen molar-refractivity contribution in [2.75, 3.05) is 6.61 Å². The van der Waals surface area contributed by atoms with E-state index in [1.165, 1.54) is 32.1 Å². The Labute approximate surface area is 115 Å².